The molecule has 0 spiro atoms. The van der Waals surface area contributed by atoms with Crippen LogP contribution < -0.4 is 0 Å². The second-order valence-corrected chi connectivity index (χ2v) is 5.56. The zero-order chi connectivity index (χ0) is 16.3. The molecule has 130 valence electrons. The molecule has 0 aromatic rings. The molecule has 4 heterocycles. The molecule has 22 heavy (non-hydrogen) atoms. The van der Waals surface area contributed by atoms with E-state index in [0.717, 1.165) is 0 Å². The van der Waals surface area contributed by atoms with Gasteiger partial charge in [0.15, 0.2) is 25.2 Å². The van der Waals surface area contributed by atoms with Crippen LogP contribution in [0.4, 0.5) is 0 Å². The van der Waals surface area contributed by atoms with E-state index in [4.69, 9.17) is 38.6 Å². The predicted molar refractivity (Wildman–Crippen MR) is 73.7 cm³/mol. The van der Waals surface area contributed by atoms with Crippen LogP contribution in [0.1, 0.15) is 27.7 Å². The van der Waals surface area contributed by atoms with Gasteiger partial charge in [-0.05, 0) is 27.7 Å². The van der Waals surface area contributed by atoms with Gasteiger partial charge in [0.05, 0.1) is 13.2 Å². The molecule has 4 aliphatic rings. The maximum Gasteiger partial charge on any atom is 0.187 e. The molecule has 0 amide bonds. The van der Waals surface area contributed by atoms with Crippen LogP contribution in [0, 0.1) is 0 Å². The van der Waals surface area contributed by atoms with Crippen molar-refractivity contribution in [3.05, 3.63) is 0 Å². The van der Waals surface area contributed by atoms with Crippen molar-refractivity contribution in [1.29, 1.82) is 0 Å². The second kappa shape index (κ2) is 7.98. The van der Waals surface area contributed by atoms with E-state index in [1.807, 2.05) is 27.7 Å². The van der Waals surface area contributed by atoms with Crippen LogP contribution in [-0.2, 0) is 28.4 Å². The van der Waals surface area contributed by atoms with E-state index in [2.05, 4.69) is 0 Å². The van der Waals surface area contributed by atoms with Gasteiger partial charge in [-0.2, -0.15) is 0 Å². The van der Waals surface area contributed by atoms with E-state index >= 15 is 0 Å². The molecule has 0 saturated carbocycles. The Balaban J connectivity index is 0.000000131. The molecule has 4 rings (SSSR count). The lowest BCUT2D eigenvalue weighted by molar-refractivity contribution is -0.0106. The van der Waals surface area contributed by atoms with Gasteiger partial charge in [0.25, 0.3) is 0 Å². The van der Waals surface area contributed by atoms with Crippen LogP contribution in [0.2, 0.25) is 0 Å². The maximum absolute atomic E-state index is 7.62. The van der Waals surface area contributed by atoms with E-state index in [-0.39, 0.29) is 62.8 Å². The van der Waals surface area contributed by atoms with E-state index in [1.165, 1.54) is 0 Å². The smallest absolute Gasteiger partial charge is 0.187 e. The SMILES string of the molecule is CC1OC1OC1OC1C.CC1OC1OC1OC1C.OCCO. The first kappa shape index (κ1) is 18.0. The largest absolute Gasteiger partial charge is 0.394 e. The van der Waals surface area contributed by atoms with Gasteiger partial charge in [-0.15, -0.1) is 0 Å². The Labute approximate surface area is 130 Å². The summed E-state index contributed by atoms with van der Waals surface area (Å²) < 4.78 is 30.6. The summed E-state index contributed by atoms with van der Waals surface area (Å²) in [6, 6.07) is 0. The number of rotatable bonds is 5. The summed E-state index contributed by atoms with van der Waals surface area (Å²) in [5.41, 5.74) is 0. The van der Waals surface area contributed by atoms with Crippen LogP contribution in [0.3, 0.4) is 0 Å². The van der Waals surface area contributed by atoms with Crippen LogP contribution in [0.5, 0.6) is 0 Å². The van der Waals surface area contributed by atoms with Crippen molar-refractivity contribution < 1.29 is 38.6 Å². The first-order valence-electron chi connectivity index (χ1n) is 7.60. The number of ether oxygens (including phenoxy) is 6. The lowest BCUT2D eigenvalue weighted by atomic mass is 10.5. The van der Waals surface area contributed by atoms with Crippen molar-refractivity contribution in [3.8, 4) is 0 Å². The number of aliphatic hydroxyl groups is 2. The molecule has 8 atom stereocenters. The standard InChI is InChI=1S/2C6H10O3.C2H6O2/c2*1-3-5(7-3)9-6-4(2)8-6;3-1-2-4/h2*3-6H,1-2H3;3-4H,1-2H2. The summed E-state index contributed by atoms with van der Waals surface area (Å²) in [5, 5.41) is 15.2. The Morgan fingerprint density at radius 1 is 0.591 bits per heavy atom. The van der Waals surface area contributed by atoms with Crippen molar-refractivity contribution in [2.45, 2.75) is 77.3 Å². The third-order valence-electron chi connectivity index (χ3n) is 3.26. The Morgan fingerprint density at radius 2 is 0.773 bits per heavy atom. The van der Waals surface area contributed by atoms with E-state index in [9.17, 15) is 0 Å². The Bertz CT molecular complexity index is 281. The molecule has 8 heteroatoms. The van der Waals surface area contributed by atoms with Crippen molar-refractivity contribution in [1.82, 2.24) is 0 Å². The number of aliphatic hydroxyl groups excluding tert-OH is 2. The molecular formula is C14H26O8. The molecule has 0 aromatic carbocycles. The normalized spacial score (nSPS) is 46.6. The van der Waals surface area contributed by atoms with Crippen molar-refractivity contribution in [2.24, 2.45) is 0 Å². The monoisotopic (exact) mass is 322 g/mol. The summed E-state index contributed by atoms with van der Waals surface area (Å²) in [6.45, 7) is 7.69. The summed E-state index contributed by atoms with van der Waals surface area (Å²) in [5.74, 6) is 0. The summed E-state index contributed by atoms with van der Waals surface area (Å²) in [6.07, 6.45) is 1.17. The average Bonchev–Trinajstić information content (AvgIpc) is 3.36. The minimum absolute atomic E-state index is 0.0138. The fraction of sp³-hybridized carbons (Fsp3) is 1.00. The van der Waals surface area contributed by atoms with Crippen LogP contribution in [0.25, 0.3) is 0 Å². The lowest BCUT2D eigenvalue weighted by Crippen LogP contribution is -2.02. The van der Waals surface area contributed by atoms with Gasteiger partial charge < -0.3 is 38.6 Å². The Morgan fingerprint density at radius 3 is 0.864 bits per heavy atom. The zero-order valence-corrected chi connectivity index (χ0v) is 13.4. The minimum atomic E-state index is -0.125. The van der Waals surface area contributed by atoms with Gasteiger partial charge >= 0.3 is 0 Å². The van der Waals surface area contributed by atoms with Gasteiger partial charge in [-0.3, -0.25) is 0 Å². The molecule has 0 aliphatic carbocycles. The number of epoxide rings is 4. The summed E-state index contributed by atoms with van der Waals surface area (Å²) in [4.78, 5) is 0. The third-order valence-corrected chi connectivity index (χ3v) is 3.26. The highest BCUT2D eigenvalue weighted by Crippen LogP contribution is 2.32. The fourth-order valence-electron chi connectivity index (χ4n) is 1.50. The molecule has 0 aromatic heterocycles. The molecule has 8 unspecified atom stereocenters. The first-order chi connectivity index (χ1) is 10.5. The van der Waals surface area contributed by atoms with Crippen LogP contribution in [-0.4, -0.2) is 73.0 Å². The molecule has 2 N–H and O–H groups in total. The molecule has 4 saturated heterocycles. The Hall–Kier alpha value is -0.320. The topological polar surface area (TPSA) is 109 Å². The zero-order valence-electron chi connectivity index (χ0n) is 13.4. The molecule has 8 nitrogen and oxygen atoms in total. The fourth-order valence-corrected chi connectivity index (χ4v) is 1.50. The van der Waals surface area contributed by atoms with E-state index in [0.29, 0.717) is 0 Å². The van der Waals surface area contributed by atoms with Crippen LogP contribution >= 0.6 is 0 Å². The van der Waals surface area contributed by atoms with Gasteiger partial charge in [-0.25, -0.2) is 0 Å². The van der Waals surface area contributed by atoms with Crippen LogP contribution in [0.15, 0.2) is 0 Å². The highest BCUT2D eigenvalue weighted by Gasteiger charge is 2.46. The second-order valence-electron chi connectivity index (χ2n) is 5.56. The molecule has 4 fully saturated rings. The van der Waals surface area contributed by atoms with E-state index in [1.54, 1.807) is 0 Å². The van der Waals surface area contributed by atoms with Crippen molar-refractivity contribution >= 4 is 0 Å². The number of hydrogen-bond donors (Lipinski definition) is 2. The summed E-state index contributed by atoms with van der Waals surface area (Å²) >= 11 is 0. The third kappa shape index (κ3) is 6.43. The van der Waals surface area contributed by atoms with E-state index < -0.39 is 0 Å². The highest BCUT2D eigenvalue weighted by atomic mass is 16.9. The highest BCUT2D eigenvalue weighted by molar-refractivity contribution is 4.78. The van der Waals surface area contributed by atoms with Gasteiger partial charge in [0.1, 0.15) is 24.4 Å². The molecular weight excluding hydrogens is 296 g/mol. The average molecular weight is 322 g/mol. The maximum atomic E-state index is 7.62. The summed E-state index contributed by atoms with van der Waals surface area (Å²) in [7, 11) is 0. The lowest BCUT2D eigenvalue weighted by Gasteiger charge is -1.89. The van der Waals surface area contributed by atoms with Gasteiger partial charge in [0.2, 0.25) is 0 Å². The van der Waals surface area contributed by atoms with Crippen molar-refractivity contribution in [2.75, 3.05) is 13.2 Å². The predicted octanol–water partition coefficient (Wildman–Crippen LogP) is -0.0438. The molecule has 4 aliphatic heterocycles. The molecule has 0 radical (unpaired) electrons. The quantitative estimate of drug-likeness (QED) is 0.679. The first-order valence-corrected chi connectivity index (χ1v) is 7.60. The van der Waals surface area contributed by atoms with Gasteiger partial charge in [-0.1, -0.05) is 0 Å². The minimum Gasteiger partial charge on any atom is -0.394 e. The van der Waals surface area contributed by atoms with Gasteiger partial charge in [0, 0.05) is 0 Å². The Kier molecular flexibility index (Phi) is 6.54. The molecule has 0 bridgehead atoms. The number of hydrogen-bond acceptors (Lipinski definition) is 8. The van der Waals surface area contributed by atoms with Crippen molar-refractivity contribution in [3.63, 3.8) is 0 Å².